The van der Waals surface area contributed by atoms with Crippen molar-refractivity contribution in [2.24, 2.45) is 0 Å². The Morgan fingerprint density at radius 3 is 3.21 bits per heavy atom. The van der Waals surface area contributed by atoms with Crippen molar-refractivity contribution in [2.45, 2.75) is 37.8 Å². The fourth-order valence-corrected chi connectivity index (χ4v) is 2.86. The molecule has 0 spiro atoms. The van der Waals surface area contributed by atoms with E-state index in [4.69, 9.17) is 4.74 Å². The van der Waals surface area contributed by atoms with Gasteiger partial charge in [-0.2, -0.15) is 0 Å². The smallest absolute Gasteiger partial charge is 0.0474 e. The topological polar surface area (TPSA) is 24.5 Å². The quantitative estimate of drug-likeness (QED) is 0.678. The van der Waals surface area contributed by atoms with Crippen LogP contribution in [0.1, 0.15) is 25.7 Å². The van der Waals surface area contributed by atoms with Gasteiger partial charge in [0.05, 0.1) is 0 Å². The van der Waals surface area contributed by atoms with Gasteiger partial charge in [0.25, 0.3) is 0 Å². The summed E-state index contributed by atoms with van der Waals surface area (Å²) in [5.74, 6) is 0. The minimum absolute atomic E-state index is 0.784. The van der Waals surface area contributed by atoms with Gasteiger partial charge in [-0.05, 0) is 19.3 Å². The number of hydrogen-bond acceptors (Lipinski definition) is 3. The lowest BCUT2D eigenvalue weighted by molar-refractivity contribution is 0.115. The molecule has 3 heteroatoms. The summed E-state index contributed by atoms with van der Waals surface area (Å²) in [6, 6.07) is 1.60. The molecule has 0 aromatic carbocycles. The van der Waals surface area contributed by atoms with Crippen molar-refractivity contribution in [3.63, 3.8) is 0 Å². The highest BCUT2D eigenvalue weighted by Crippen LogP contribution is 2.26. The van der Waals surface area contributed by atoms with Crippen molar-refractivity contribution in [2.75, 3.05) is 33.4 Å². The van der Waals surface area contributed by atoms with Crippen molar-refractivity contribution in [1.29, 1.82) is 0 Å². The molecule has 0 aromatic rings. The molecule has 1 aliphatic heterocycles. The first-order valence-corrected chi connectivity index (χ1v) is 5.88. The Balaban J connectivity index is 1.78. The summed E-state index contributed by atoms with van der Waals surface area (Å²) in [4.78, 5) is 2.66. The van der Waals surface area contributed by atoms with E-state index in [1.54, 1.807) is 7.11 Å². The fourth-order valence-electron chi connectivity index (χ4n) is 2.86. The zero-order chi connectivity index (χ0) is 9.80. The van der Waals surface area contributed by atoms with Gasteiger partial charge in [0.2, 0.25) is 0 Å². The van der Waals surface area contributed by atoms with Crippen LogP contribution in [-0.4, -0.2) is 50.3 Å². The molecule has 2 atom stereocenters. The summed E-state index contributed by atoms with van der Waals surface area (Å²) < 4.78 is 5.10. The lowest BCUT2D eigenvalue weighted by Gasteiger charge is -2.38. The van der Waals surface area contributed by atoms with Gasteiger partial charge in [0.15, 0.2) is 0 Å². The summed E-state index contributed by atoms with van der Waals surface area (Å²) in [5, 5.41) is 3.63. The number of hydrogen-bond donors (Lipinski definition) is 1. The molecule has 1 aliphatic carbocycles. The zero-order valence-electron chi connectivity index (χ0n) is 9.17. The Hall–Kier alpha value is -0.120. The lowest BCUT2D eigenvalue weighted by atomic mass is 10.1. The van der Waals surface area contributed by atoms with Gasteiger partial charge in [-0.25, -0.2) is 0 Å². The van der Waals surface area contributed by atoms with E-state index < -0.39 is 0 Å². The van der Waals surface area contributed by atoms with Crippen LogP contribution in [0.25, 0.3) is 0 Å². The molecule has 0 bridgehead atoms. The van der Waals surface area contributed by atoms with E-state index >= 15 is 0 Å². The highest BCUT2D eigenvalue weighted by Gasteiger charge is 2.34. The first-order chi connectivity index (χ1) is 6.92. The average Bonchev–Trinajstić information content (AvgIpc) is 2.67. The third kappa shape index (κ3) is 2.27. The molecule has 0 amide bonds. The van der Waals surface area contributed by atoms with Crippen LogP contribution in [0.15, 0.2) is 0 Å². The largest absolute Gasteiger partial charge is 0.385 e. The van der Waals surface area contributed by atoms with E-state index in [9.17, 15) is 0 Å². The number of methoxy groups -OCH3 is 1. The standard InChI is InChI=1S/C11H22N2O/c1-14-9-3-7-13-8-6-12-10-4-2-5-11(10)13/h10-12H,2-9H2,1H3/t10-,11-/m0/s1. The van der Waals surface area contributed by atoms with Crippen LogP contribution in [-0.2, 0) is 4.74 Å². The van der Waals surface area contributed by atoms with Crippen LogP contribution in [0.4, 0.5) is 0 Å². The molecule has 0 unspecified atom stereocenters. The highest BCUT2D eigenvalue weighted by atomic mass is 16.5. The molecule has 2 rings (SSSR count). The Morgan fingerprint density at radius 2 is 2.36 bits per heavy atom. The molecule has 1 heterocycles. The van der Waals surface area contributed by atoms with E-state index in [1.807, 2.05) is 0 Å². The number of piperazine rings is 1. The first kappa shape index (κ1) is 10.4. The second-order valence-corrected chi connectivity index (χ2v) is 4.44. The molecule has 2 fully saturated rings. The van der Waals surface area contributed by atoms with Crippen LogP contribution in [0.3, 0.4) is 0 Å². The minimum Gasteiger partial charge on any atom is -0.385 e. The molecule has 82 valence electrons. The number of nitrogens with zero attached hydrogens (tertiary/aromatic N) is 1. The van der Waals surface area contributed by atoms with Gasteiger partial charge in [-0.3, -0.25) is 4.90 Å². The molecule has 14 heavy (non-hydrogen) atoms. The van der Waals surface area contributed by atoms with Crippen LogP contribution in [0.2, 0.25) is 0 Å². The lowest BCUT2D eigenvalue weighted by Crippen LogP contribution is -2.55. The summed E-state index contributed by atoms with van der Waals surface area (Å²) in [6.07, 6.45) is 5.36. The van der Waals surface area contributed by atoms with E-state index in [-0.39, 0.29) is 0 Å². The summed E-state index contributed by atoms with van der Waals surface area (Å²) in [7, 11) is 1.79. The number of ether oxygens (including phenoxy) is 1. The molecule has 3 nitrogen and oxygen atoms in total. The van der Waals surface area contributed by atoms with Gasteiger partial charge in [-0.1, -0.05) is 6.42 Å². The summed E-state index contributed by atoms with van der Waals surface area (Å²) in [6.45, 7) is 4.52. The Morgan fingerprint density at radius 1 is 1.43 bits per heavy atom. The van der Waals surface area contributed by atoms with E-state index in [2.05, 4.69) is 10.2 Å². The number of nitrogens with one attached hydrogen (secondary N) is 1. The molecule has 1 saturated heterocycles. The summed E-state index contributed by atoms with van der Waals surface area (Å²) >= 11 is 0. The van der Waals surface area contributed by atoms with Gasteiger partial charge >= 0.3 is 0 Å². The first-order valence-electron chi connectivity index (χ1n) is 5.88. The molecule has 0 aromatic heterocycles. The van der Waals surface area contributed by atoms with Crippen LogP contribution in [0, 0.1) is 0 Å². The highest BCUT2D eigenvalue weighted by molar-refractivity contribution is 4.93. The maximum atomic E-state index is 5.10. The molecular formula is C11H22N2O. The van der Waals surface area contributed by atoms with Gasteiger partial charge in [0.1, 0.15) is 0 Å². The molecule has 0 radical (unpaired) electrons. The number of rotatable bonds is 4. The second kappa shape index (κ2) is 5.10. The molecule has 1 N–H and O–H groups in total. The second-order valence-electron chi connectivity index (χ2n) is 4.44. The van der Waals surface area contributed by atoms with E-state index in [1.165, 1.54) is 45.3 Å². The molecular weight excluding hydrogens is 176 g/mol. The van der Waals surface area contributed by atoms with Gasteiger partial charge < -0.3 is 10.1 Å². The summed E-state index contributed by atoms with van der Waals surface area (Å²) in [5.41, 5.74) is 0. The van der Waals surface area contributed by atoms with E-state index in [0.717, 1.165) is 18.7 Å². The third-order valence-corrected chi connectivity index (χ3v) is 3.55. The normalized spacial score (nSPS) is 33.2. The molecule has 1 saturated carbocycles. The fraction of sp³-hybridized carbons (Fsp3) is 1.00. The zero-order valence-corrected chi connectivity index (χ0v) is 9.17. The SMILES string of the molecule is COCCCN1CCN[C@H]2CCC[C@@H]21. The maximum Gasteiger partial charge on any atom is 0.0474 e. The van der Waals surface area contributed by atoms with Gasteiger partial charge in [-0.15, -0.1) is 0 Å². The van der Waals surface area contributed by atoms with Crippen molar-refractivity contribution in [1.82, 2.24) is 10.2 Å². The van der Waals surface area contributed by atoms with Crippen molar-refractivity contribution < 1.29 is 4.74 Å². The van der Waals surface area contributed by atoms with Crippen LogP contribution < -0.4 is 5.32 Å². The Kier molecular flexibility index (Phi) is 3.79. The van der Waals surface area contributed by atoms with Gasteiger partial charge in [0, 0.05) is 45.4 Å². The third-order valence-electron chi connectivity index (χ3n) is 3.55. The average molecular weight is 198 g/mol. The monoisotopic (exact) mass is 198 g/mol. The minimum atomic E-state index is 0.784. The number of fused-ring (bicyclic) bond motifs is 1. The van der Waals surface area contributed by atoms with Crippen molar-refractivity contribution in [3.8, 4) is 0 Å². The predicted molar refractivity (Wildman–Crippen MR) is 57.5 cm³/mol. The molecule has 2 aliphatic rings. The Bertz CT molecular complexity index is 175. The van der Waals surface area contributed by atoms with Crippen LogP contribution >= 0.6 is 0 Å². The predicted octanol–water partition coefficient (Wildman–Crippen LogP) is 0.849. The van der Waals surface area contributed by atoms with Crippen LogP contribution in [0.5, 0.6) is 0 Å². The van der Waals surface area contributed by atoms with Crippen molar-refractivity contribution in [3.05, 3.63) is 0 Å². The maximum absolute atomic E-state index is 5.10. The van der Waals surface area contributed by atoms with E-state index in [0.29, 0.717) is 0 Å². The Labute approximate surface area is 86.8 Å². The van der Waals surface area contributed by atoms with Crippen molar-refractivity contribution >= 4 is 0 Å².